The molecule has 2 heterocycles. The number of carbonyl (C=O) groups excluding carboxylic acids is 1. The first-order valence-corrected chi connectivity index (χ1v) is 13.8. The van der Waals surface area contributed by atoms with Gasteiger partial charge in [0.25, 0.3) is 5.91 Å². The highest BCUT2D eigenvalue weighted by molar-refractivity contribution is 7.89. The van der Waals surface area contributed by atoms with E-state index in [9.17, 15) is 13.2 Å². The lowest BCUT2D eigenvalue weighted by Gasteiger charge is -2.28. The van der Waals surface area contributed by atoms with Gasteiger partial charge >= 0.3 is 0 Å². The molecule has 4 aromatic rings. The zero-order chi connectivity index (χ0) is 24.6. The summed E-state index contributed by atoms with van der Waals surface area (Å²) < 4.78 is 27.8. The number of hydrogen-bond donors (Lipinski definition) is 1. The molecule has 1 aliphatic rings. The van der Waals surface area contributed by atoms with E-state index in [1.54, 1.807) is 18.2 Å². The quantitative estimate of drug-likeness (QED) is 0.329. The lowest BCUT2D eigenvalue weighted by molar-refractivity contribution is 0.102. The Kier molecular flexibility index (Phi) is 6.65. The molecule has 0 spiro atoms. The van der Waals surface area contributed by atoms with Crippen LogP contribution in [-0.4, -0.2) is 30.2 Å². The van der Waals surface area contributed by atoms with Crippen molar-refractivity contribution in [1.82, 2.24) is 9.29 Å². The molecule has 35 heavy (non-hydrogen) atoms. The van der Waals surface area contributed by atoms with Crippen LogP contribution in [0.25, 0.3) is 11.3 Å². The molecule has 3 aromatic carbocycles. The Morgan fingerprint density at radius 1 is 0.971 bits per heavy atom. The van der Waals surface area contributed by atoms with Crippen molar-refractivity contribution in [2.45, 2.75) is 17.9 Å². The number of nitrogens with one attached hydrogen (secondary N) is 1. The van der Waals surface area contributed by atoms with Crippen LogP contribution in [0, 0.1) is 0 Å². The molecule has 6 nitrogen and oxygen atoms in total. The second-order valence-electron chi connectivity index (χ2n) is 8.00. The normalized spacial score (nSPS) is 13.9. The number of nitrogens with zero attached hydrogens (tertiary/aromatic N) is 2. The third-order valence-corrected chi connectivity index (χ3v) is 9.15. The predicted molar refractivity (Wildman–Crippen MR) is 140 cm³/mol. The number of aromatic nitrogens is 1. The fourth-order valence-electron chi connectivity index (χ4n) is 3.89. The molecule has 0 bridgehead atoms. The van der Waals surface area contributed by atoms with Gasteiger partial charge in [0.15, 0.2) is 5.13 Å². The maximum absolute atomic E-state index is 13.2. The minimum atomic E-state index is -3.67. The van der Waals surface area contributed by atoms with Crippen LogP contribution in [0.2, 0.25) is 10.0 Å². The van der Waals surface area contributed by atoms with Crippen molar-refractivity contribution in [3.05, 3.63) is 98.8 Å². The van der Waals surface area contributed by atoms with Gasteiger partial charge in [-0.2, -0.15) is 4.31 Å². The van der Waals surface area contributed by atoms with Crippen LogP contribution in [0.5, 0.6) is 0 Å². The molecule has 178 valence electrons. The number of fused-ring (bicyclic) bond motifs is 1. The van der Waals surface area contributed by atoms with E-state index in [1.165, 1.54) is 45.5 Å². The lowest BCUT2D eigenvalue weighted by atomic mass is 10.0. The molecule has 10 heteroatoms. The largest absolute Gasteiger partial charge is 0.298 e. The van der Waals surface area contributed by atoms with E-state index < -0.39 is 10.0 Å². The number of carbonyl (C=O) groups is 1. The van der Waals surface area contributed by atoms with E-state index >= 15 is 0 Å². The van der Waals surface area contributed by atoms with Gasteiger partial charge in [-0.15, -0.1) is 11.3 Å². The van der Waals surface area contributed by atoms with Gasteiger partial charge in [-0.1, -0.05) is 53.5 Å². The first kappa shape index (κ1) is 24.0. The number of anilines is 1. The molecule has 1 amide bonds. The summed E-state index contributed by atoms with van der Waals surface area (Å²) in [6.45, 7) is 0.763. The third-order valence-electron chi connectivity index (χ3n) is 5.79. The second-order valence-corrected chi connectivity index (χ2v) is 11.6. The van der Waals surface area contributed by atoms with Crippen molar-refractivity contribution in [1.29, 1.82) is 0 Å². The standard InChI is InChI=1S/C25H19Cl2N3O3S2/c26-21-10-7-18(13-22(21)27)23-15-34-25(28-23)29-24(31)17-5-8-20(9-6-17)35(32,33)30-12-11-16-3-1-2-4-19(16)14-30/h1-10,13,15H,11-12,14H2,(H,28,29,31). The molecule has 0 unspecified atom stereocenters. The smallest absolute Gasteiger partial charge is 0.257 e. The van der Waals surface area contributed by atoms with Gasteiger partial charge < -0.3 is 0 Å². The zero-order valence-corrected chi connectivity index (χ0v) is 21.4. The number of halogens is 2. The lowest BCUT2D eigenvalue weighted by Crippen LogP contribution is -2.35. The molecule has 0 aliphatic carbocycles. The fraction of sp³-hybridized carbons (Fsp3) is 0.120. The molecule has 1 aromatic heterocycles. The zero-order valence-electron chi connectivity index (χ0n) is 18.2. The topological polar surface area (TPSA) is 79.4 Å². The average Bonchev–Trinajstić information content (AvgIpc) is 3.34. The summed E-state index contributed by atoms with van der Waals surface area (Å²) in [5, 5.41) is 5.86. The van der Waals surface area contributed by atoms with Crippen molar-refractivity contribution in [3.63, 3.8) is 0 Å². The molecular formula is C25H19Cl2N3O3S2. The third kappa shape index (κ3) is 4.98. The van der Waals surface area contributed by atoms with Crippen LogP contribution in [0.3, 0.4) is 0 Å². The van der Waals surface area contributed by atoms with Crippen molar-refractivity contribution in [3.8, 4) is 11.3 Å². The summed E-state index contributed by atoms with van der Waals surface area (Å²) in [5.41, 5.74) is 3.97. The first-order chi connectivity index (χ1) is 16.8. The van der Waals surface area contributed by atoms with E-state index in [-0.39, 0.29) is 10.8 Å². The van der Waals surface area contributed by atoms with E-state index in [4.69, 9.17) is 23.2 Å². The Balaban J connectivity index is 1.28. The van der Waals surface area contributed by atoms with Crippen LogP contribution in [0.4, 0.5) is 5.13 Å². The van der Waals surface area contributed by atoms with Gasteiger partial charge in [-0.25, -0.2) is 13.4 Å². The van der Waals surface area contributed by atoms with Gasteiger partial charge in [-0.05, 0) is 53.9 Å². The number of hydrogen-bond acceptors (Lipinski definition) is 5. The summed E-state index contributed by atoms with van der Waals surface area (Å²) >= 11 is 13.3. The predicted octanol–water partition coefficient (Wildman–Crippen LogP) is 6.12. The van der Waals surface area contributed by atoms with Crippen molar-refractivity contribution >= 4 is 55.6 Å². The van der Waals surface area contributed by atoms with Crippen LogP contribution >= 0.6 is 34.5 Å². The number of sulfonamides is 1. The molecule has 1 aliphatic heterocycles. The Morgan fingerprint density at radius 2 is 1.71 bits per heavy atom. The Hall–Kier alpha value is -2.75. The molecule has 5 rings (SSSR count). The molecule has 0 radical (unpaired) electrons. The monoisotopic (exact) mass is 543 g/mol. The molecule has 0 fully saturated rings. The van der Waals surface area contributed by atoms with Crippen molar-refractivity contribution in [2.24, 2.45) is 0 Å². The molecule has 1 N–H and O–H groups in total. The second kappa shape index (κ2) is 9.72. The van der Waals surface area contributed by atoms with Gasteiger partial charge in [0.2, 0.25) is 10.0 Å². The molecular weight excluding hydrogens is 525 g/mol. The minimum absolute atomic E-state index is 0.157. The summed E-state index contributed by atoms with van der Waals surface area (Å²) in [4.78, 5) is 17.3. The number of amides is 1. The summed E-state index contributed by atoms with van der Waals surface area (Å²) in [6, 6.07) is 19.0. The van der Waals surface area contributed by atoms with Crippen LogP contribution < -0.4 is 5.32 Å². The number of rotatable bonds is 5. The fourth-order valence-corrected chi connectivity index (χ4v) is 6.32. The van der Waals surface area contributed by atoms with Gasteiger partial charge in [0.1, 0.15) is 0 Å². The minimum Gasteiger partial charge on any atom is -0.298 e. The first-order valence-electron chi connectivity index (χ1n) is 10.7. The van der Waals surface area contributed by atoms with E-state index in [2.05, 4.69) is 10.3 Å². The van der Waals surface area contributed by atoms with E-state index in [0.29, 0.717) is 45.9 Å². The Labute approximate surface area is 217 Å². The Morgan fingerprint density at radius 3 is 2.46 bits per heavy atom. The maximum Gasteiger partial charge on any atom is 0.257 e. The number of benzene rings is 3. The maximum atomic E-state index is 13.2. The van der Waals surface area contributed by atoms with Gasteiger partial charge in [0, 0.05) is 29.6 Å². The molecule has 0 saturated heterocycles. The average molecular weight is 544 g/mol. The summed E-state index contributed by atoms with van der Waals surface area (Å²) in [5.74, 6) is -0.379. The highest BCUT2D eigenvalue weighted by Crippen LogP contribution is 2.31. The van der Waals surface area contributed by atoms with E-state index in [1.807, 2.05) is 29.6 Å². The van der Waals surface area contributed by atoms with Crippen LogP contribution in [0.15, 0.2) is 77.0 Å². The molecule has 0 atom stereocenters. The van der Waals surface area contributed by atoms with Gasteiger partial charge in [0.05, 0.1) is 20.6 Å². The van der Waals surface area contributed by atoms with Crippen molar-refractivity contribution in [2.75, 3.05) is 11.9 Å². The van der Waals surface area contributed by atoms with E-state index in [0.717, 1.165) is 11.1 Å². The highest BCUT2D eigenvalue weighted by atomic mass is 35.5. The van der Waals surface area contributed by atoms with Crippen LogP contribution in [-0.2, 0) is 23.0 Å². The summed E-state index contributed by atoms with van der Waals surface area (Å²) in [7, 11) is -3.67. The van der Waals surface area contributed by atoms with Gasteiger partial charge in [-0.3, -0.25) is 10.1 Å². The molecule has 0 saturated carbocycles. The number of thiazole rings is 1. The van der Waals surface area contributed by atoms with Crippen LogP contribution in [0.1, 0.15) is 21.5 Å². The summed E-state index contributed by atoms with van der Waals surface area (Å²) in [6.07, 6.45) is 0.675. The van der Waals surface area contributed by atoms with Crippen molar-refractivity contribution < 1.29 is 13.2 Å². The highest BCUT2D eigenvalue weighted by Gasteiger charge is 2.28. The Bertz CT molecular complexity index is 1520. The SMILES string of the molecule is O=C(Nc1nc(-c2ccc(Cl)c(Cl)c2)cs1)c1ccc(S(=O)(=O)N2CCc3ccccc3C2)cc1.